The molecular formula is C15H26ClN3S. The van der Waals surface area contributed by atoms with Gasteiger partial charge in [0.2, 0.25) is 0 Å². The highest BCUT2D eigenvalue weighted by molar-refractivity contribution is 7.10. The maximum atomic E-state index is 5.96. The van der Waals surface area contributed by atoms with Crippen LogP contribution in [-0.4, -0.2) is 55.6 Å². The first-order valence-corrected chi connectivity index (χ1v) is 8.68. The monoisotopic (exact) mass is 315 g/mol. The summed E-state index contributed by atoms with van der Waals surface area (Å²) in [6.45, 7) is 11.4. The Morgan fingerprint density at radius 1 is 1.30 bits per heavy atom. The predicted molar refractivity (Wildman–Crippen MR) is 88.7 cm³/mol. The SMILES string of the molecule is CC(C)C(CNCc1cc(Cl)cs1)N1CCN(C)CC1. The average molecular weight is 316 g/mol. The lowest BCUT2D eigenvalue weighted by atomic mass is 10.0. The Morgan fingerprint density at radius 3 is 2.55 bits per heavy atom. The average Bonchev–Trinajstić information content (AvgIpc) is 2.81. The number of nitrogens with zero attached hydrogens (tertiary/aromatic N) is 2. The van der Waals surface area contributed by atoms with Gasteiger partial charge in [-0.2, -0.15) is 0 Å². The fourth-order valence-electron chi connectivity index (χ4n) is 2.73. The van der Waals surface area contributed by atoms with Gasteiger partial charge in [-0.15, -0.1) is 11.3 Å². The number of nitrogens with one attached hydrogen (secondary N) is 1. The normalized spacial score (nSPS) is 19.6. The van der Waals surface area contributed by atoms with Crippen molar-refractivity contribution in [3.63, 3.8) is 0 Å². The van der Waals surface area contributed by atoms with Crippen molar-refractivity contribution in [2.24, 2.45) is 5.92 Å². The minimum Gasteiger partial charge on any atom is -0.310 e. The van der Waals surface area contributed by atoms with Crippen LogP contribution in [0.25, 0.3) is 0 Å². The maximum Gasteiger partial charge on any atom is 0.0516 e. The third kappa shape index (κ3) is 4.71. The van der Waals surface area contributed by atoms with Crippen molar-refractivity contribution >= 4 is 22.9 Å². The van der Waals surface area contributed by atoms with Gasteiger partial charge < -0.3 is 10.2 Å². The summed E-state index contributed by atoms with van der Waals surface area (Å²) in [5.41, 5.74) is 0. The van der Waals surface area contributed by atoms with Crippen molar-refractivity contribution in [2.45, 2.75) is 26.4 Å². The molecule has 114 valence electrons. The Balaban J connectivity index is 1.80. The number of thiophene rings is 1. The standard InChI is InChI=1S/C15H26ClN3S/c1-12(2)15(19-6-4-18(3)5-7-19)10-17-9-14-8-13(16)11-20-14/h8,11-12,15,17H,4-7,9-10H2,1-3H3. The summed E-state index contributed by atoms with van der Waals surface area (Å²) in [4.78, 5) is 6.37. The van der Waals surface area contributed by atoms with Crippen LogP contribution in [0.4, 0.5) is 0 Å². The van der Waals surface area contributed by atoms with E-state index in [0.717, 1.165) is 18.1 Å². The van der Waals surface area contributed by atoms with E-state index in [9.17, 15) is 0 Å². The third-order valence-corrected chi connectivity index (χ3v) is 5.34. The van der Waals surface area contributed by atoms with Crippen molar-refractivity contribution < 1.29 is 0 Å². The lowest BCUT2D eigenvalue weighted by Crippen LogP contribution is -2.53. The Morgan fingerprint density at radius 2 is 2.00 bits per heavy atom. The number of halogens is 1. The highest BCUT2D eigenvalue weighted by atomic mass is 35.5. The van der Waals surface area contributed by atoms with E-state index in [0.29, 0.717) is 12.0 Å². The Labute approximate surface area is 131 Å². The van der Waals surface area contributed by atoms with Gasteiger partial charge in [0.05, 0.1) is 5.02 Å². The molecule has 1 saturated heterocycles. The first kappa shape index (κ1) is 16.2. The molecule has 1 atom stereocenters. The second-order valence-corrected chi connectivity index (χ2v) is 7.44. The minimum absolute atomic E-state index is 0.624. The first-order valence-electron chi connectivity index (χ1n) is 7.42. The van der Waals surface area contributed by atoms with Crippen LogP contribution >= 0.6 is 22.9 Å². The summed E-state index contributed by atoms with van der Waals surface area (Å²) in [6, 6.07) is 2.68. The smallest absolute Gasteiger partial charge is 0.0516 e. The first-order chi connectivity index (χ1) is 9.56. The summed E-state index contributed by atoms with van der Waals surface area (Å²) in [5.74, 6) is 0.679. The third-order valence-electron chi connectivity index (χ3n) is 4.05. The molecule has 0 aromatic carbocycles. The van der Waals surface area contributed by atoms with Gasteiger partial charge in [-0.3, -0.25) is 4.90 Å². The van der Waals surface area contributed by atoms with Gasteiger partial charge >= 0.3 is 0 Å². The van der Waals surface area contributed by atoms with Crippen molar-refractivity contribution in [1.82, 2.24) is 15.1 Å². The van der Waals surface area contributed by atoms with Crippen LogP contribution in [0.3, 0.4) is 0 Å². The molecule has 2 rings (SSSR count). The second kappa shape index (κ2) is 7.76. The summed E-state index contributed by atoms with van der Waals surface area (Å²) in [6.07, 6.45) is 0. The van der Waals surface area contributed by atoms with Crippen molar-refractivity contribution in [2.75, 3.05) is 39.8 Å². The van der Waals surface area contributed by atoms with E-state index in [1.54, 1.807) is 11.3 Å². The minimum atomic E-state index is 0.624. The van der Waals surface area contributed by atoms with Crippen molar-refractivity contribution in [3.05, 3.63) is 21.3 Å². The number of piperazine rings is 1. The van der Waals surface area contributed by atoms with Gasteiger partial charge in [-0.1, -0.05) is 25.4 Å². The molecule has 1 aliphatic rings. The highest BCUT2D eigenvalue weighted by Crippen LogP contribution is 2.19. The maximum absolute atomic E-state index is 5.96. The van der Waals surface area contributed by atoms with Gasteiger partial charge in [-0.25, -0.2) is 0 Å². The highest BCUT2D eigenvalue weighted by Gasteiger charge is 2.24. The number of hydrogen-bond donors (Lipinski definition) is 1. The molecule has 0 bridgehead atoms. The molecule has 0 spiro atoms. The van der Waals surface area contributed by atoms with Gasteiger partial charge in [0.15, 0.2) is 0 Å². The molecule has 0 aliphatic carbocycles. The van der Waals surface area contributed by atoms with E-state index in [2.05, 4.69) is 42.1 Å². The van der Waals surface area contributed by atoms with Crippen LogP contribution in [-0.2, 0) is 6.54 Å². The summed E-state index contributed by atoms with van der Waals surface area (Å²) >= 11 is 7.69. The predicted octanol–water partition coefficient (Wildman–Crippen LogP) is 2.76. The van der Waals surface area contributed by atoms with E-state index in [1.807, 2.05) is 5.38 Å². The Hall–Kier alpha value is -0.130. The largest absolute Gasteiger partial charge is 0.310 e. The molecule has 1 unspecified atom stereocenters. The van der Waals surface area contributed by atoms with Crippen molar-refractivity contribution in [1.29, 1.82) is 0 Å². The molecule has 2 heterocycles. The van der Waals surface area contributed by atoms with Crippen LogP contribution in [0.5, 0.6) is 0 Å². The zero-order valence-corrected chi connectivity index (χ0v) is 14.3. The van der Waals surface area contributed by atoms with Gasteiger partial charge in [0.1, 0.15) is 0 Å². The molecule has 20 heavy (non-hydrogen) atoms. The van der Waals surface area contributed by atoms with Crippen LogP contribution in [0, 0.1) is 5.92 Å². The van der Waals surface area contributed by atoms with Gasteiger partial charge in [0.25, 0.3) is 0 Å². The van der Waals surface area contributed by atoms with E-state index in [-0.39, 0.29) is 0 Å². The van der Waals surface area contributed by atoms with Crippen LogP contribution in [0.15, 0.2) is 11.4 Å². The quantitative estimate of drug-likeness (QED) is 0.871. The van der Waals surface area contributed by atoms with Gasteiger partial charge in [0, 0.05) is 55.6 Å². The van der Waals surface area contributed by atoms with Crippen LogP contribution < -0.4 is 5.32 Å². The summed E-state index contributed by atoms with van der Waals surface area (Å²) in [5, 5.41) is 6.45. The molecule has 1 N–H and O–H groups in total. The van der Waals surface area contributed by atoms with Crippen molar-refractivity contribution in [3.8, 4) is 0 Å². The second-order valence-electron chi connectivity index (χ2n) is 6.01. The summed E-state index contributed by atoms with van der Waals surface area (Å²) in [7, 11) is 2.21. The summed E-state index contributed by atoms with van der Waals surface area (Å²) < 4.78 is 0. The molecule has 1 aliphatic heterocycles. The van der Waals surface area contributed by atoms with Gasteiger partial charge in [-0.05, 0) is 19.0 Å². The van der Waals surface area contributed by atoms with E-state index >= 15 is 0 Å². The topological polar surface area (TPSA) is 18.5 Å². The van der Waals surface area contributed by atoms with E-state index in [1.165, 1.54) is 31.1 Å². The number of rotatable bonds is 6. The van der Waals surface area contributed by atoms with E-state index in [4.69, 9.17) is 11.6 Å². The molecule has 5 heteroatoms. The molecule has 1 aromatic rings. The molecule has 1 aromatic heterocycles. The molecule has 3 nitrogen and oxygen atoms in total. The molecular weight excluding hydrogens is 290 g/mol. The fraction of sp³-hybridized carbons (Fsp3) is 0.733. The Bertz CT molecular complexity index is 400. The zero-order valence-electron chi connectivity index (χ0n) is 12.7. The zero-order chi connectivity index (χ0) is 14.5. The lowest BCUT2D eigenvalue weighted by molar-refractivity contribution is 0.0875. The molecule has 0 amide bonds. The molecule has 1 fully saturated rings. The lowest BCUT2D eigenvalue weighted by Gasteiger charge is -2.40. The number of likely N-dealkylation sites (N-methyl/N-ethyl adjacent to an activating group) is 1. The Kier molecular flexibility index (Phi) is 6.30. The van der Waals surface area contributed by atoms with Crippen LogP contribution in [0.1, 0.15) is 18.7 Å². The number of hydrogen-bond acceptors (Lipinski definition) is 4. The fourth-order valence-corrected chi connectivity index (χ4v) is 3.77. The van der Waals surface area contributed by atoms with Crippen LogP contribution in [0.2, 0.25) is 5.02 Å². The van der Waals surface area contributed by atoms with E-state index < -0.39 is 0 Å². The molecule has 0 radical (unpaired) electrons. The molecule has 0 saturated carbocycles.